The summed E-state index contributed by atoms with van der Waals surface area (Å²) in [4.78, 5) is 22.9. The van der Waals surface area contributed by atoms with E-state index in [0.29, 0.717) is 16.8 Å². The number of anilines is 1. The molecule has 0 fully saturated rings. The SMILES string of the molecule is Cc1cc(C)c(C(=O)O)cc1NC(=O)CS(=O)(=O)C(C)C. The van der Waals surface area contributed by atoms with Crippen LogP contribution >= 0.6 is 0 Å². The molecule has 1 amide bonds. The standard InChI is InChI=1S/C14H19NO5S/c1-8(2)21(19,20)7-13(16)15-12-6-11(14(17)18)9(3)5-10(12)4/h5-6,8H,7H2,1-4H3,(H,15,16)(H,17,18). The summed E-state index contributed by atoms with van der Waals surface area (Å²) in [5.41, 5.74) is 1.63. The van der Waals surface area contributed by atoms with Crippen molar-refractivity contribution in [2.24, 2.45) is 0 Å². The first kappa shape index (κ1) is 17.2. The van der Waals surface area contributed by atoms with Gasteiger partial charge in [-0.2, -0.15) is 0 Å². The molecule has 0 heterocycles. The van der Waals surface area contributed by atoms with E-state index in [1.165, 1.54) is 19.9 Å². The minimum Gasteiger partial charge on any atom is -0.478 e. The number of aromatic carboxylic acids is 1. The number of rotatable bonds is 5. The van der Waals surface area contributed by atoms with E-state index in [2.05, 4.69) is 5.32 Å². The average molecular weight is 313 g/mol. The molecule has 0 aliphatic carbocycles. The normalized spacial score (nSPS) is 11.5. The zero-order chi connectivity index (χ0) is 16.4. The number of hydrogen-bond donors (Lipinski definition) is 2. The third-order valence-corrected chi connectivity index (χ3v) is 5.23. The number of hydrogen-bond acceptors (Lipinski definition) is 4. The lowest BCUT2D eigenvalue weighted by atomic mass is 10.0. The lowest BCUT2D eigenvalue weighted by Gasteiger charge is -2.12. The van der Waals surface area contributed by atoms with Crippen molar-refractivity contribution in [3.05, 3.63) is 28.8 Å². The Morgan fingerprint density at radius 2 is 1.76 bits per heavy atom. The summed E-state index contributed by atoms with van der Waals surface area (Å²) in [6.07, 6.45) is 0. The van der Waals surface area contributed by atoms with Crippen molar-refractivity contribution >= 4 is 27.4 Å². The van der Waals surface area contributed by atoms with Gasteiger partial charge >= 0.3 is 5.97 Å². The first-order valence-corrected chi connectivity index (χ1v) is 8.12. The predicted molar refractivity (Wildman–Crippen MR) is 80.4 cm³/mol. The minimum absolute atomic E-state index is 0.0719. The third kappa shape index (κ3) is 4.29. The molecule has 6 nitrogen and oxygen atoms in total. The first-order valence-electron chi connectivity index (χ1n) is 6.40. The molecule has 0 unspecified atom stereocenters. The van der Waals surface area contributed by atoms with Crippen LogP contribution in [0.25, 0.3) is 0 Å². The van der Waals surface area contributed by atoms with Crippen LogP contribution in [0.3, 0.4) is 0 Å². The van der Waals surface area contributed by atoms with Crippen LogP contribution in [0.4, 0.5) is 5.69 Å². The highest BCUT2D eigenvalue weighted by atomic mass is 32.2. The summed E-state index contributed by atoms with van der Waals surface area (Å²) in [5.74, 6) is -2.40. The first-order chi connectivity index (χ1) is 9.54. The molecular weight excluding hydrogens is 294 g/mol. The Balaban J connectivity index is 3.01. The number of carboxylic acids is 1. The van der Waals surface area contributed by atoms with Gasteiger partial charge in [-0.05, 0) is 44.9 Å². The molecular formula is C14H19NO5S. The van der Waals surface area contributed by atoms with Gasteiger partial charge in [-0.1, -0.05) is 6.07 Å². The predicted octanol–water partition coefficient (Wildman–Crippen LogP) is 1.76. The monoisotopic (exact) mass is 313 g/mol. The maximum atomic E-state index is 11.8. The van der Waals surface area contributed by atoms with Gasteiger partial charge in [0.2, 0.25) is 5.91 Å². The van der Waals surface area contributed by atoms with E-state index in [-0.39, 0.29) is 5.56 Å². The average Bonchev–Trinajstić information content (AvgIpc) is 2.31. The van der Waals surface area contributed by atoms with E-state index < -0.39 is 32.7 Å². The number of carbonyl (C=O) groups excluding carboxylic acids is 1. The molecule has 116 valence electrons. The van der Waals surface area contributed by atoms with E-state index in [4.69, 9.17) is 5.11 Å². The molecule has 21 heavy (non-hydrogen) atoms. The van der Waals surface area contributed by atoms with E-state index in [1.807, 2.05) is 0 Å². The number of aryl methyl sites for hydroxylation is 2. The second-order valence-corrected chi connectivity index (χ2v) is 7.75. The Bertz CT molecular complexity index is 677. The van der Waals surface area contributed by atoms with Gasteiger partial charge < -0.3 is 10.4 Å². The van der Waals surface area contributed by atoms with Crippen molar-refractivity contribution in [3.63, 3.8) is 0 Å². The number of nitrogens with one attached hydrogen (secondary N) is 1. The van der Waals surface area contributed by atoms with Gasteiger partial charge in [-0.15, -0.1) is 0 Å². The summed E-state index contributed by atoms with van der Waals surface area (Å²) in [6, 6.07) is 2.98. The molecule has 0 atom stereocenters. The fraction of sp³-hybridized carbons (Fsp3) is 0.429. The molecule has 0 bridgehead atoms. The van der Waals surface area contributed by atoms with Gasteiger partial charge in [-0.3, -0.25) is 4.79 Å². The van der Waals surface area contributed by atoms with Crippen LogP contribution in [0.1, 0.15) is 35.3 Å². The fourth-order valence-corrected chi connectivity index (χ4v) is 2.52. The van der Waals surface area contributed by atoms with Gasteiger partial charge in [0, 0.05) is 5.69 Å². The van der Waals surface area contributed by atoms with Gasteiger partial charge in [0.05, 0.1) is 10.8 Å². The molecule has 1 rings (SSSR count). The molecule has 0 aliphatic rings. The number of carbonyl (C=O) groups is 2. The van der Waals surface area contributed by atoms with Crippen LogP contribution in [0.2, 0.25) is 0 Å². The lowest BCUT2D eigenvalue weighted by Crippen LogP contribution is -2.28. The molecule has 1 aromatic rings. The molecule has 0 saturated heterocycles. The van der Waals surface area contributed by atoms with Crippen LogP contribution in [0, 0.1) is 13.8 Å². The Hall–Kier alpha value is -1.89. The highest BCUT2D eigenvalue weighted by Crippen LogP contribution is 2.21. The minimum atomic E-state index is -3.49. The summed E-state index contributed by atoms with van der Waals surface area (Å²) in [6.45, 7) is 6.38. The molecule has 0 saturated carbocycles. The summed E-state index contributed by atoms with van der Waals surface area (Å²) in [7, 11) is -3.49. The van der Waals surface area contributed by atoms with Crippen molar-refractivity contribution < 1.29 is 23.1 Å². The van der Waals surface area contributed by atoms with Crippen LogP contribution in [0.15, 0.2) is 12.1 Å². The van der Waals surface area contributed by atoms with E-state index in [0.717, 1.165) is 0 Å². The Morgan fingerprint density at radius 1 is 1.19 bits per heavy atom. The van der Waals surface area contributed by atoms with Crippen LogP contribution < -0.4 is 5.32 Å². The van der Waals surface area contributed by atoms with Crippen molar-refractivity contribution in [1.82, 2.24) is 0 Å². The summed E-state index contributed by atoms with van der Waals surface area (Å²) < 4.78 is 23.4. The van der Waals surface area contributed by atoms with E-state index in [9.17, 15) is 18.0 Å². The zero-order valence-electron chi connectivity index (χ0n) is 12.4. The topological polar surface area (TPSA) is 101 Å². The van der Waals surface area contributed by atoms with Crippen molar-refractivity contribution in [2.45, 2.75) is 32.9 Å². The van der Waals surface area contributed by atoms with Gasteiger partial charge in [0.1, 0.15) is 5.75 Å². The number of sulfone groups is 1. The zero-order valence-corrected chi connectivity index (χ0v) is 13.2. The molecule has 1 aromatic carbocycles. The van der Waals surface area contributed by atoms with Gasteiger partial charge in [0.15, 0.2) is 9.84 Å². The molecule has 7 heteroatoms. The number of carboxylic acid groups (broad SMARTS) is 1. The van der Waals surface area contributed by atoms with Crippen molar-refractivity contribution in [1.29, 1.82) is 0 Å². The third-order valence-electron chi connectivity index (χ3n) is 3.13. The quantitative estimate of drug-likeness (QED) is 0.862. The van der Waals surface area contributed by atoms with E-state index in [1.54, 1.807) is 19.9 Å². The lowest BCUT2D eigenvalue weighted by molar-refractivity contribution is -0.113. The van der Waals surface area contributed by atoms with Crippen LogP contribution in [0.5, 0.6) is 0 Å². The highest BCUT2D eigenvalue weighted by molar-refractivity contribution is 7.92. The molecule has 0 spiro atoms. The molecule has 0 aromatic heterocycles. The van der Waals surface area contributed by atoms with Crippen molar-refractivity contribution in [3.8, 4) is 0 Å². The smallest absolute Gasteiger partial charge is 0.336 e. The second-order valence-electron chi connectivity index (χ2n) is 5.19. The number of benzene rings is 1. The van der Waals surface area contributed by atoms with Gasteiger partial charge in [-0.25, -0.2) is 13.2 Å². The Morgan fingerprint density at radius 3 is 2.24 bits per heavy atom. The highest BCUT2D eigenvalue weighted by Gasteiger charge is 2.21. The van der Waals surface area contributed by atoms with Crippen molar-refractivity contribution in [2.75, 3.05) is 11.1 Å². The number of amides is 1. The fourth-order valence-electron chi connectivity index (χ4n) is 1.75. The Labute approximate surface area is 124 Å². The second kappa shape index (κ2) is 6.26. The largest absolute Gasteiger partial charge is 0.478 e. The molecule has 0 aliphatic heterocycles. The van der Waals surface area contributed by atoms with E-state index >= 15 is 0 Å². The molecule has 0 radical (unpaired) electrons. The summed E-state index contributed by atoms with van der Waals surface area (Å²) in [5, 5.41) is 10.9. The Kier molecular flexibility index (Phi) is 5.11. The van der Waals surface area contributed by atoms with Gasteiger partial charge in [0.25, 0.3) is 0 Å². The maximum absolute atomic E-state index is 11.8. The summed E-state index contributed by atoms with van der Waals surface area (Å²) >= 11 is 0. The van der Waals surface area contributed by atoms with Crippen LogP contribution in [-0.4, -0.2) is 36.4 Å². The van der Waals surface area contributed by atoms with Crippen LogP contribution in [-0.2, 0) is 14.6 Å². The molecule has 2 N–H and O–H groups in total. The maximum Gasteiger partial charge on any atom is 0.336 e.